The molecule has 4 atom stereocenters. The van der Waals surface area contributed by atoms with Crippen LogP contribution in [0.1, 0.15) is 68.4 Å². The van der Waals surface area contributed by atoms with Gasteiger partial charge in [0.2, 0.25) is 5.91 Å². The van der Waals surface area contributed by atoms with E-state index in [0.29, 0.717) is 35.6 Å². The number of amides is 3. The molecule has 0 bridgehead atoms. The number of carbonyl (C=O) groups excluding carboxylic acids is 3. The molecule has 7 rings (SSSR count). The van der Waals surface area contributed by atoms with Crippen molar-refractivity contribution >= 4 is 53.9 Å². The lowest BCUT2D eigenvalue weighted by Crippen LogP contribution is -2.46. The molecule has 0 aromatic heterocycles. The zero-order chi connectivity index (χ0) is 39.9. The normalized spacial score (nSPS) is 21.7. The van der Waals surface area contributed by atoms with Crippen molar-refractivity contribution in [3.05, 3.63) is 125 Å². The summed E-state index contributed by atoms with van der Waals surface area (Å²) >= 11 is 0. The zero-order valence-corrected chi connectivity index (χ0v) is 34.3. The number of allylic oxidation sites excluding steroid dienone is 3. The Morgan fingerprint density at radius 2 is 1.68 bits per heavy atom. The number of carbonyl (C=O) groups is 3. The maximum atomic E-state index is 15.2. The van der Waals surface area contributed by atoms with Crippen molar-refractivity contribution in [1.82, 2.24) is 4.90 Å². The molecule has 10 heteroatoms. The van der Waals surface area contributed by atoms with E-state index < -0.39 is 31.5 Å². The Bertz CT molecular complexity index is 2220. The van der Waals surface area contributed by atoms with Crippen LogP contribution in [0.3, 0.4) is 0 Å². The van der Waals surface area contributed by atoms with Crippen molar-refractivity contribution in [2.45, 2.75) is 83.8 Å². The van der Waals surface area contributed by atoms with Gasteiger partial charge in [0.05, 0.1) is 36.1 Å². The molecule has 56 heavy (non-hydrogen) atoms. The molecular formula is C46H53N3O6Si. The van der Waals surface area contributed by atoms with Crippen LogP contribution in [0.4, 0.5) is 17.1 Å². The molecule has 3 aliphatic heterocycles. The van der Waals surface area contributed by atoms with Gasteiger partial charge in [-0.1, -0.05) is 84.8 Å². The van der Waals surface area contributed by atoms with Crippen LogP contribution in [0.15, 0.2) is 108 Å². The number of aliphatic hydroxyl groups is 1. The molecule has 0 aliphatic carbocycles. The van der Waals surface area contributed by atoms with E-state index in [9.17, 15) is 19.5 Å². The van der Waals surface area contributed by atoms with Crippen LogP contribution in [-0.4, -0.2) is 66.6 Å². The predicted octanol–water partition coefficient (Wildman–Crippen LogP) is 8.38. The van der Waals surface area contributed by atoms with Gasteiger partial charge >= 0.3 is 0 Å². The van der Waals surface area contributed by atoms with E-state index in [1.54, 1.807) is 14.7 Å². The van der Waals surface area contributed by atoms with E-state index in [1.807, 2.05) is 105 Å². The predicted molar refractivity (Wildman–Crippen MR) is 224 cm³/mol. The summed E-state index contributed by atoms with van der Waals surface area (Å²) in [5, 5.41) is 11.8. The van der Waals surface area contributed by atoms with Gasteiger partial charge in [-0.05, 0) is 88.0 Å². The summed E-state index contributed by atoms with van der Waals surface area (Å²) in [4.78, 5) is 60.5. The fourth-order valence-electron chi connectivity index (χ4n) is 9.21. The summed E-state index contributed by atoms with van der Waals surface area (Å²) in [5.74, 6) is -1.11. The highest BCUT2D eigenvalue weighted by Crippen LogP contribution is 2.60. The molecule has 2 N–H and O–H groups in total. The van der Waals surface area contributed by atoms with Gasteiger partial charge in [0, 0.05) is 47.7 Å². The molecule has 3 amide bonds. The second-order valence-corrected chi connectivity index (χ2v) is 20.4. The van der Waals surface area contributed by atoms with E-state index in [-0.39, 0.29) is 37.3 Å². The molecule has 4 aromatic rings. The lowest BCUT2D eigenvalue weighted by molar-refractivity contribution is -0.149. The van der Waals surface area contributed by atoms with Crippen molar-refractivity contribution < 1.29 is 29.0 Å². The maximum absolute atomic E-state index is 15.2. The molecule has 3 aliphatic rings. The van der Waals surface area contributed by atoms with Crippen molar-refractivity contribution in [1.29, 1.82) is 0 Å². The molecule has 292 valence electrons. The highest BCUT2D eigenvalue weighted by atomic mass is 28.4. The second-order valence-electron chi connectivity index (χ2n) is 16.4. The lowest BCUT2D eigenvalue weighted by atomic mass is 9.82. The minimum atomic E-state index is -3.09. The molecule has 3 heterocycles. The minimum absolute atomic E-state index is 0.0613. The Morgan fingerprint density at radius 3 is 2.38 bits per heavy atom. The second kappa shape index (κ2) is 15.6. The van der Waals surface area contributed by atoms with E-state index in [2.05, 4.69) is 32.9 Å². The van der Waals surface area contributed by atoms with Gasteiger partial charge < -0.3 is 24.4 Å². The fourth-order valence-corrected chi connectivity index (χ4v) is 11.8. The first kappa shape index (κ1) is 39.4. The topological polar surface area (TPSA) is 111 Å². The van der Waals surface area contributed by atoms with Gasteiger partial charge in [-0.25, -0.2) is 0 Å². The molecule has 0 radical (unpaired) electrons. The first-order chi connectivity index (χ1) is 26.8. The quantitative estimate of drug-likeness (QED) is 0.104. The van der Waals surface area contributed by atoms with Gasteiger partial charge in [0.25, 0.3) is 11.8 Å². The van der Waals surface area contributed by atoms with Gasteiger partial charge in [0.1, 0.15) is 0 Å². The smallest absolute Gasteiger partial charge is 0.264 e. The first-order valence-electron chi connectivity index (χ1n) is 19.7. The maximum Gasteiger partial charge on any atom is 0.264 e. The summed E-state index contributed by atoms with van der Waals surface area (Å²) in [6.07, 6.45) is 5.24. The van der Waals surface area contributed by atoms with Crippen LogP contribution in [0.5, 0.6) is 0 Å². The number of anilines is 3. The molecule has 4 aromatic carbocycles. The van der Waals surface area contributed by atoms with Crippen molar-refractivity contribution in [2.75, 3.05) is 29.5 Å². The SMILES string of the molecule is CC(C)=CCC/C(C)=C/CN1C(=O)[C@@]2(O[C@@H](CC(=O)N(CCO)Cc3ccccc3)[C@H]([Si](C)(C)O)[C@H]2C)c2cc(N3C(=O)c4cccc5cccc3c45)ccc21. The Labute approximate surface area is 331 Å². The number of benzene rings is 4. The highest BCUT2D eigenvalue weighted by molar-refractivity contribution is 6.71. The summed E-state index contributed by atoms with van der Waals surface area (Å²) < 4.78 is 7.08. The number of rotatable bonds is 13. The van der Waals surface area contributed by atoms with Gasteiger partial charge in [-0.3, -0.25) is 19.3 Å². The number of nitrogens with zero attached hydrogens (tertiary/aromatic N) is 3. The third-order valence-electron chi connectivity index (χ3n) is 11.8. The first-order valence-corrected chi connectivity index (χ1v) is 22.7. The molecule has 0 saturated carbocycles. The van der Waals surface area contributed by atoms with Gasteiger partial charge in [-0.15, -0.1) is 0 Å². The van der Waals surface area contributed by atoms with Crippen LogP contribution < -0.4 is 9.80 Å². The average Bonchev–Trinajstić information content (AvgIpc) is 3.71. The summed E-state index contributed by atoms with van der Waals surface area (Å²) in [7, 11) is -3.09. The number of fused-ring (bicyclic) bond motifs is 2. The van der Waals surface area contributed by atoms with E-state index in [4.69, 9.17) is 4.74 Å². The van der Waals surface area contributed by atoms with Gasteiger partial charge in [-0.2, -0.15) is 0 Å². The van der Waals surface area contributed by atoms with Crippen LogP contribution in [-0.2, 0) is 26.5 Å². The van der Waals surface area contributed by atoms with Crippen LogP contribution in [0, 0.1) is 5.92 Å². The lowest BCUT2D eigenvalue weighted by Gasteiger charge is -2.33. The fraction of sp³-hybridized carbons (Fsp3) is 0.370. The van der Waals surface area contributed by atoms with Crippen LogP contribution in [0.25, 0.3) is 10.8 Å². The van der Waals surface area contributed by atoms with E-state index in [0.717, 1.165) is 40.4 Å². The van der Waals surface area contributed by atoms with Crippen molar-refractivity contribution in [3.63, 3.8) is 0 Å². The van der Waals surface area contributed by atoms with Crippen LogP contribution in [0.2, 0.25) is 18.6 Å². The van der Waals surface area contributed by atoms with Crippen molar-refractivity contribution in [2.24, 2.45) is 5.92 Å². The Morgan fingerprint density at radius 1 is 0.946 bits per heavy atom. The van der Waals surface area contributed by atoms with Gasteiger partial charge in [0.15, 0.2) is 13.9 Å². The number of ether oxygens (including phenoxy) is 1. The molecule has 0 unspecified atom stereocenters. The highest BCUT2D eigenvalue weighted by Gasteiger charge is 2.66. The third-order valence-corrected chi connectivity index (χ3v) is 14.3. The van der Waals surface area contributed by atoms with Crippen LogP contribution >= 0.6 is 0 Å². The van der Waals surface area contributed by atoms with E-state index >= 15 is 4.79 Å². The summed E-state index contributed by atoms with van der Waals surface area (Å²) in [6.45, 7) is 12.5. The number of hydrogen-bond donors (Lipinski definition) is 2. The monoisotopic (exact) mass is 771 g/mol. The number of aliphatic hydroxyl groups excluding tert-OH is 1. The number of hydrogen-bond acceptors (Lipinski definition) is 6. The third kappa shape index (κ3) is 7.04. The molecule has 1 fully saturated rings. The summed E-state index contributed by atoms with van der Waals surface area (Å²) in [6, 6.07) is 27.0. The molecular weight excluding hydrogens is 719 g/mol. The Hall–Kier alpha value is -4.87. The molecule has 9 nitrogen and oxygen atoms in total. The standard InChI is InChI=1S/C46H53N3O6Si/c1-30(2)13-10-14-31(3)23-24-48-38-22-21-35(49-39-20-12-18-34-17-11-19-36(42(34)39)44(49)52)27-37(38)46(45(48)53)32(4)43(56(5,6)54)40(55-46)28-41(51)47(25-26-50)29-33-15-8-7-9-16-33/h7-9,11-13,15-23,27,32,40,43,50,54H,10,14,24-26,28-29H2,1-6H3/b31-23+/t32-,40+,43-,46+/m1/s1. The molecule has 1 saturated heterocycles. The summed E-state index contributed by atoms with van der Waals surface area (Å²) in [5.41, 5.74) is 4.71. The Kier molecular flexibility index (Phi) is 10.9. The van der Waals surface area contributed by atoms with E-state index in [1.165, 1.54) is 5.57 Å². The van der Waals surface area contributed by atoms with Crippen molar-refractivity contribution in [3.8, 4) is 0 Å². The molecule has 1 spiro atoms. The zero-order valence-electron chi connectivity index (χ0n) is 33.3. The minimum Gasteiger partial charge on any atom is -0.432 e. The average molecular weight is 772 g/mol. The largest absolute Gasteiger partial charge is 0.432 e. The Balaban J connectivity index is 1.30.